The minimum absolute atomic E-state index is 0.109. The Morgan fingerprint density at radius 1 is 0.860 bits per heavy atom. The molecule has 0 fully saturated rings. The molecule has 0 bridgehead atoms. The van der Waals surface area contributed by atoms with Crippen LogP contribution in [0, 0.1) is 0 Å². The Labute approximate surface area is 250 Å². The fourth-order valence-corrected chi connectivity index (χ4v) is 4.84. The van der Waals surface area contributed by atoms with E-state index in [0.717, 1.165) is 16.8 Å². The Morgan fingerprint density at radius 2 is 1.58 bits per heavy atom. The molecule has 10 heteroatoms. The van der Waals surface area contributed by atoms with E-state index in [0.29, 0.717) is 28.3 Å². The molecule has 10 nitrogen and oxygen atoms in total. The van der Waals surface area contributed by atoms with Gasteiger partial charge in [-0.3, -0.25) is 9.59 Å². The minimum Gasteiger partial charge on any atom is -0.497 e. The molecule has 220 valence electrons. The van der Waals surface area contributed by atoms with Crippen LogP contribution in [-0.4, -0.2) is 60.0 Å². The number of aromatic nitrogens is 3. The number of para-hydroxylation sites is 1. The fraction of sp³-hybridized carbons (Fsp3) is 0.212. The van der Waals surface area contributed by atoms with Gasteiger partial charge < -0.3 is 24.6 Å². The molecule has 0 aliphatic carbocycles. The Bertz CT molecular complexity index is 1700. The third-order valence-corrected chi connectivity index (χ3v) is 7.16. The monoisotopic (exact) mass is 578 g/mol. The molecule has 1 aromatic heterocycles. The maximum Gasteiger partial charge on any atom is 0.251 e. The Hall–Kier alpha value is -5.38. The van der Waals surface area contributed by atoms with Crippen LogP contribution in [0.2, 0.25) is 0 Å². The van der Waals surface area contributed by atoms with Crippen molar-refractivity contribution in [2.45, 2.75) is 19.1 Å². The largest absolute Gasteiger partial charge is 0.497 e. The van der Waals surface area contributed by atoms with E-state index in [-0.39, 0.29) is 24.9 Å². The number of nitrogens with zero attached hydrogens (tertiary/aromatic N) is 5. The van der Waals surface area contributed by atoms with Crippen LogP contribution >= 0.6 is 0 Å². The number of hydrogen-bond donors (Lipinski definition) is 1. The second kappa shape index (κ2) is 13.1. The number of hydrogen-bond acceptors (Lipinski definition) is 7. The first-order valence-corrected chi connectivity index (χ1v) is 13.8. The highest BCUT2D eigenvalue weighted by atomic mass is 16.5. The predicted octanol–water partition coefficient (Wildman–Crippen LogP) is 4.92. The van der Waals surface area contributed by atoms with Crippen molar-refractivity contribution >= 4 is 34.2 Å². The number of fused-ring (bicyclic) bond motifs is 1. The number of amides is 2. The zero-order valence-corrected chi connectivity index (χ0v) is 24.6. The van der Waals surface area contributed by atoms with Gasteiger partial charge in [-0.15, -0.1) is 5.10 Å². The molecule has 0 aliphatic rings. The molecular weight excluding hydrogens is 544 g/mol. The molecule has 5 rings (SSSR count). The van der Waals surface area contributed by atoms with E-state index in [1.54, 1.807) is 42.0 Å². The van der Waals surface area contributed by atoms with Crippen LogP contribution in [0.25, 0.3) is 11.0 Å². The molecule has 1 N–H and O–H groups in total. The van der Waals surface area contributed by atoms with Gasteiger partial charge in [-0.2, -0.15) is 0 Å². The number of methoxy groups -OCH3 is 2. The molecule has 2 amide bonds. The normalized spacial score (nSPS) is 11.5. The summed E-state index contributed by atoms with van der Waals surface area (Å²) in [5.41, 5.74) is 4.45. The van der Waals surface area contributed by atoms with Crippen LogP contribution in [0.3, 0.4) is 0 Å². The standard InChI is InChI=1S/C33H34N6O4/c1-37(2)26-16-14-25(15-17-26)34-33(41)32(24-8-7-9-28(20-24)43-4)38(21-23-12-18-27(42-3)19-13-23)31(40)22-39-30-11-6-5-10-29(30)35-36-39/h5-20,32H,21-22H2,1-4H3,(H,34,41). The zero-order valence-electron chi connectivity index (χ0n) is 24.6. The van der Waals surface area contributed by atoms with Crippen molar-refractivity contribution in [3.05, 3.63) is 108 Å². The van der Waals surface area contributed by atoms with Gasteiger partial charge in [0.1, 0.15) is 29.6 Å². The lowest BCUT2D eigenvalue weighted by molar-refractivity contribution is -0.140. The third-order valence-electron chi connectivity index (χ3n) is 7.16. The zero-order chi connectivity index (χ0) is 30.3. The number of nitrogens with one attached hydrogen (secondary N) is 1. The first kappa shape index (κ1) is 29.1. The number of anilines is 2. The summed E-state index contributed by atoms with van der Waals surface area (Å²) in [5.74, 6) is 0.595. The summed E-state index contributed by atoms with van der Waals surface area (Å²) in [7, 11) is 7.07. The quantitative estimate of drug-likeness (QED) is 0.237. The van der Waals surface area contributed by atoms with Crippen molar-refractivity contribution in [3.8, 4) is 11.5 Å². The third kappa shape index (κ3) is 6.75. The van der Waals surface area contributed by atoms with Crippen molar-refractivity contribution in [2.75, 3.05) is 38.5 Å². The lowest BCUT2D eigenvalue weighted by Gasteiger charge is -2.32. The average Bonchev–Trinajstić information content (AvgIpc) is 3.44. The number of carbonyl (C=O) groups is 2. The molecule has 0 radical (unpaired) electrons. The van der Waals surface area contributed by atoms with Gasteiger partial charge in [-0.25, -0.2) is 4.68 Å². The number of carbonyl (C=O) groups excluding carboxylic acids is 2. The molecule has 43 heavy (non-hydrogen) atoms. The molecule has 1 unspecified atom stereocenters. The molecule has 1 atom stereocenters. The second-order valence-corrected chi connectivity index (χ2v) is 10.2. The first-order valence-electron chi connectivity index (χ1n) is 13.8. The molecule has 1 heterocycles. The van der Waals surface area contributed by atoms with E-state index < -0.39 is 6.04 Å². The van der Waals surface area contributed by atoms with Crippen molar-refractivity contribution in [2.24, 2.45) is 0 Å². The Balaban J connectivity index is 1.55. The summed E-state index contributed by atoms with van der Waals surface area (Å²) in [5, 5.41) is 11.4. The van der Waals surface area contributed by atoms with Crippen LogP contribution < -0.4 is 19.7 Å². The van der Waals surface area contributed by atoms with Gasteiger partial charge in [0.15, 0.2) is 0 Å². The average molecular weight is 579 g/mol. The summed E-state index contributed by atoms with van der Waals surface area (Å²) in [6.07, 6.45) is 0. The van der Waals surface area contributed by atoms with Crippen LogP contribution in [0.1, 0.15) is 17.2 Å². The van der Waals surface area contributed by atoms with Gasteiger partial charge in [0, 0.05) is 32.0 Å². The molecule has 0 spiro atoms. The maximum absolute atomic E-state index is 14.2. The number of benzene rings is 4. The van der Waals surface area contributed by atoms with Gasteiger partial charge in [0.25, 0.3) is 5.91 Å². The van der Waals surface area contributed by atoms with Crippen molar-refractivity contribution in [3.63, 3.8) is 0 Å². The summed E-state index contributed by atoms with van der Waals surface area (Å²) in [6, 6.07) is 28.6. The highest BCUT2D eigenvalue weighted by Gasteiger charge is 2.32. The molecule has 0 aliphatic heterocycles. The molecule has 4 aromatic carbocycles. The Kier molecular flexibility index (Phi) is 8.85. The van der Waals surface area contributed by atoms with Crippen LogP contribution in [-0.2, 0) is 22.7 Å². The van der Waals surface area contributed by atoms with E-state index in [9.17, 15) is 9.59 Å². The SMILES string of the molecule is COc1ccc(CN(C(=O)Cn2nnc3ccccc32)C(C(=O)Nc2ccc(N(C)C)cc2)c2cccc(OC)c2)cc1. The van der Waals surface area contributed by atoms with Crippen molar-refractivity contribution in [1.82, 2.24) is 19.9 Å². The summed E-state index contributed by atoms with van der Waals surface area (Å²) in [6.45, 7) is 0.0479. The van der Waals surface area contributed by atoms with Crippen molar-refractivity contribution < 1.29 is 19.1 Å². The van der Waals surface area contributed by atoms with E-state index in [1.165, 1.54) is 0 Å². The van der Waals surface area contributed by atoms with Gasteiger partial charge >= 0.3 is 0 Å². The van der Waals surface area contributed by atoms with E-state index in [2.05, 4.69) is 15.6 Å². The van der Waals surface area contributed by atoms with Crippen LogP contribution in [0.5, 0.6) is 11.5 Å². The summed E-state index contributed by atoms with van der Waals surface area (Å²) < 4.78 is 12.4. The molecular formula is C33H34N6O4. The van der Waals surface area contributed by atoms with E-state index in [4.69, 9.17) is 9.47 Å². The van der Waals surface area contributed by atoms with Crippen LogP contribution in [0.15, 0.2) is 97.1 Å². The van der Waals surface area contributed by atoms with Crippen molar-refractivity contribution in [1.29, 1.82) is 0 Å². The number of rotatable bonds is 11. The second-order valence-electron chi connectivity index (χ2n) is 10.2. The highest BCUT2D eigenvalue weighted by Crippen LogP contribution is 2.29. The number of ether oxygens (including phenoxy) is 2. The Morgan fingerprint density at radius 3 is 2.28 bits per heavy atom. The minimum atomic E-state index is -0.993. The lowest BCUT2D eigenvalue weighted by Crippen LogP contribution is -2.42. The highest BCUT2D eigenvalue weighted by molar-refractivity contribution is 5.98. The van der Waals surface area contributed by atoms with Gasteiger partial charge in [-0.1, -0.05) is 41.6 Å². The fourth-order valence-electron chi connectivity index (χ4n) is 4.84. The van der Waals surface area contributed by atoms with Gasteiger partial charge in [0.05, 0.1) is 19.7 Å². The maximum atomic E-state index is 14.2. The van der Waals surface area contributed by atoms with Gasteiger partial charge in [0.2, 0.25) is 5.91 Å². The van der Waals surface area contributed by atoms with Crippen LogP contribution in [0.4, 0.5) is 11.4 Å². The smallest absolute Gasteiger partial charge is 0.251 e. The van der Waals surface area contributed by atoms with E-state index in [1.807, 2.05) is 97.9 Å². The summed E-state index contributed by atoms with van der Waals surface area (Å²) >= 11 is 0. The van der Waals surface area contributed by atoms with E-state index >= 15 is 0 Å². The lowest BCUT2D eigenvalue weighted by atomic mass is 10.0. The first-order chi connectivity index (χ1) is 20.9. The molecule has 0 saturated carbocycles. The van der Waals surface area contributed by atoms with Gasteiger partial charge in [-0.05, 0) is 71.8 Å². The predicted molar refractivity (Wildman–Crippen MR) is 166 cm³/mol. The summed E-state index contributed by atoms with van der Waals surface area (Å²) in [4.78, 5) is 31.9. The molecule has 5 aromatic rings. The molecule has 0 saturated heterocycles. The topological polar surface area (TPSA) is 102 Å².